The zero-order valence-corrected chi connectivity index (χ0v) is 14.3. The van der Waals surface area contributed by atoms with Gasteiger partial charge in [0.15, 0.2) is 0 Å². The molecule has 0 saturated carbocycles. The van der Waals surface area contributed by atoms with E-state index in [4.69, 9.17) is 0 Å². The van der Waals surface area contributed by atoms with E-state index in [1.807, 2.05) is 24.3 Å². The van der Waals surface area contributed by atoms with E-state index < -0.39 is 0 Å². The molecule has 0 aliphatic rings. The Kier molecular flexibility index (Phi) is 4.73. The first-order valence-electron chi connectivity index (χ1n) is 7.58. The lowest BCUT2D eigenvalue weighted by Gasteiger charge is -2.30. The van der Waals surface area contributed by atoms with E-state index in [0.717, 1.165) is 11.3 Å². The quantitative estimate of drug-likeness (QED) is 0.780. The number of rotatable bonds is 2. The van der Waals surface area contributed by atoms with Crippen molar-refractivity contribution in [3.05, 3.63) is 59.9 Å². The van der Waals surface area contributed by atoms with Gasteiger partial charge in [-0.3, -0.25) is 9.80 Å². The summed E-state index contributed by atoms with van der Waals surface area (Å²) < 4.78 is 13.0. The third-order valence-electron chi connectivity index (χ3n) is 3.86. The van der Waals surface area contributed by atoms with Crippen LogP contribution in [0.25, 0.3) is 0 Å². The number of para-hydroxylation sites is 1. The van der Waals surface area contributed by atoms with Crippen molar-refractivity contribution in [1.29, 1.82) is 0 Å². The Morgan fingerprint density at radius 3 is 2.04 bits per heavy atom. The van der Waals surface area contributed by atoms with Crippen molar-refractivity contribution in [2.45, 2.75) is 26.2 Å². The molecule has 2 rings (SSSR count). The lowest BCUT2D eigenvalue weighted by atomic mass is 9.85. The lowest BCUT2D eigenvalue weighted by molar-refractivity contribution is 0.253. The van der Waals surface area contributed by atoms with Crippen LogP contribution in [-0.4, -0.2) is 20.1 Å². The third-order valence-corrected chi connectivity index (χ3v) is 3.86. The summed E-state index contributed by atoms with van der Waals surface area (Å²) in [6, 6.07) is 13.6. The molecule has 2 aromatic carbocycles. The molecule has 0 unspecified atom stereocenters. The Morgan fingerprint density at radius 1 is 0.913 bits per heavy atom. The Hall–Kier alpha value is -2.36. The number of anilines is 2. The second kappa shape index (κ2) is 6.41. The van der Waals surface area contributed by atoms with Crippen LogP contribution in [0.15, 0.2) is 48.5 Å². The van der Waals surface area contributed by atoms with Crippen LogP contribution in [0.1, 0.15) is 26.3 Å². The van der Waals surface area contributed by atoms with E-state index in [1.165, 1.54) is 17.0 Å². The number of carbonyl (C=O) groups is 1. The molecule has 0 aromatic heterocycles. The van der Waals surface area contributed by atoms with Crippen molar-refractivity contribution in [3.8, 4) is 0 Å². The van der Waals surface area contributed by atoms with Gasteiger partial charge < -0.3 is 0 Å². The molecule has 23 heavy (non-hydrogen) atoms. The second-order valence-electron chi connectivity index (χ2n) is 6.64. The number of hydrogen-bond donors (Lipinski definition) is 0. The van der Waals surface area contributed by atoms with Gasteiger partial charge in [0, 0.05) is 25.5 Å². The molecule has 0 spiro atoms. The van der Waals surface area contributed by atoms with E-state index >= 15 is 0 Å². The molecule has 3 nitrogen and oxygen atoms in total. The monoisotopic (exact) mass is 314 g/mol. The molecular formula is C19H23FN2O. The summed E-state index contributed by atoms with van der Waals surface area (Å²) in [4.78, 5) is 15.9. The Balaban J connectivity index is 2.32. The summed E-state index contributed by atoms with van der Waals surface area (Å²) in [6.45, 7) is 6.36. The van der Waals surface area contributed by atoms with Crippen molar-refractivity contribution in [2.75, 3.05) is 23.9 Å². The molecule has 0 fully saturated rings. The Morgan fingerprint density at radius 2 is 1.48 bits per heavy atom. The van der Waals surface area contributed by atoms with Crippen molar-refractivity contribution in [1.82, 2.24) is 0 Å². The first-order valence-corrected chi connectivity index (χ1v) is 7.58. The van der Waals surface area contributed by atoms with Crippen molar-refractivity contribution in [2.24, 2.45) is 0 Å². The fourth-order valence-corrected chi connectivity index (χ4v) is 2.50. The molecule has 0 saturated heterocycles. The maximum Gasteiger partial charge on any atom is 0.328 e. The fraction of sp³-hybridized carbons (Fsp3) is 0.316. The van der Waals surface area contributed by atoms with Gasteiger partial charge in [-0.25, -0.2) is 9.18 Å². The van der Waals surface area contributed by atoms with Crippen LogP contribution < -0.4 is 9.80 Å². The van der Waals surface area contributed by atoms with E-state index in [9.17, 15) is 9.18 Å². The topological polar surface area (TPSA) is 23.6 Å². The number of hydrogen-bond acceptors (Lipinski definition) is 1. The zero-order chi connectivity index (χ0) is 17.2. The zero-order valence-electron chi connectivity index (χ0n) is 14.3. The highest BCUT2D eigenvalue weighted by molar-refractivity contribution is 6.03. The lowest BCUT2D eigenvalue weighted by Crippen LogP contribution is -2.40. The van der Waals surface area contributed by atoms with Gasteiger partial charge in [0.2, 0.25) is 0 Å². The normalized spacial score (nSPS) is 11.2. The summed E-state index contributed by atoms with van der Waals surface area (Å²) >= 11 is 0. The predicted molar refractivity (Wildman–Crippen MR) is 93.7 cm³/mol. The molecule has 0 aliphatic carbocycles. The molecule has 122 valence electrons. The average molecular weight is 314 g/mol. The minimum absolute atomic E-state index is 0.0699. The predicted octanol–water partition coefficient (Wildman–Crippen LogP) is 4.82. The number of halogens is 1. The maximum absolute atomic E-state index is 13.0. The minimum atomic E-state index is -0.318. The van der Waals surface area contributed by atoms with E-state index in [1.54, 1.807) is 31.1 Å². The summed E-state index contributed by atoms with van der Waals surface area (Å²) in [6.07, 6.45) is 0. The fourth-order valence-electron chi connectivity index (χ4n) is 2.50. The van der Waals surface area contributed by atoms with E-state index in [2.05, 4.69) is 20.8 Å². The van der Waals surface area contributed by atoms with E-state index in [-0.39, 0.29) is 17.3 Å². The molecule has 0 atom stereocenters. The van der Waals surface area contributed by atoms with Gasteiger partial charge in [-0.15, -0.1) is 0 Å². The molecule has 0 radical (unpaired) electrons. The van der Waals surface area contributed by atoms with Crippen LogP contribution in [0.3, 0.4) is 0 Å². The van der Waals surface area contributed by atoms with Gasteiger partial charge >= 0.3 is 6.03 Å². The number of nitrogens with zero attached hydrogens (tertiary/aromatic N) is 2. The van der Waals surface area contributed by atoms with Crippen LogP contribution in [0.4, 0.5) is 20.6 Å². The largest absolute Gasteiger partial charge is 0.328 e. The minimum Gasteiger partial charge on any atom is -0.297 e. The maximum atomic E-state index is 13.0. The van der Waals surface area contributed by atoms with Gasteiger partial charge in [-0.1, -0.05) is 39.0 Å². The molecule has 0 N–H and O–H groups in total. The smallest absolute Gasteiger partial charge is 0.297 e. The summed E-state index contributed by atoms with van der Waals surface area (Å²) in [5.74, 6) is -0.318. The second-order valence-corrected chi connectivity index (χ2v) is 6.64. The summed E-state index contributed by atoms with van der Waals surface area (Å²) in [5.41, 5.74) is 2.55. The van der Waals surface area contributed by atoms with Crippen molar-refractivity contribution >= 4 is 17.4 Å². The third kappa shape index (κ3) is 3.70. The number of benzene rings is 2. The summed E-state index contributed by atoms with van der Waals surface area (Å²) in [7, 11) is 3.44. The highest BCUT2D eigenvalue weighted by atomic mass is 19.1. The molecule has 0 bridgehead atoms. The highest BCUT2D eigenvalue weighted by Crippen LogP contribution is 2.32. The number of amides is 2. The SMILES string of the molecule is CN(C(=O)N(C)c1ccccc1C(C)(C)C)c1ccc(F)cc1. The molecular weight excluding hydrogens is 291 g/mol. The van der Waals surface area contributed by atoms with Crippen LogP contribution in [0, 0.1) is 5.82 Å². The number of urea groups is 1. The first-order chi connectivity index (χ1) is 10.7. The molecule has 0 aliphatic heterocycles. The highest BCUT2D eigenvalue weighted by Gasteiger charge is 2.24. The molecule has 2 aromatic rings. The van der Waals surface area contributed by atoms with Crippen molar-refractivity contribution in [3.63, 3.8) is 0 Å². The number of carbonyl (C=O) groups excluding carboxylic acids is 1. The molecule has 4 heteroatoms. The van der Waals surface area contributed by atoms with Gasteiger partial charge in [0.05, 0.1) is 0 Å². The van der Waals surface area contributed by atoms with Crippen molar-refractivity contribution < 1.29 is 9.18 Å². The van der Waals surface area contributed by atoms with Gasteiger partial charge in [0.1, 0.15) is 5.82 Å². The van der Waals surface area contributed by atoms with E-state index in [0.29, 0.717) is 5.69 Å². The van der Waals surface area contributed by atoms with Gasteiger partial charge in [0.25, 0.3) is 0 Å². The Labute approximate surface area is 137 Å². The average Bonchev–Trinajstić information content (AvgIpc) is 2.52. The first kappa shape index (κ1) is 17.0. The van der Waals surface area contributed by atoms with Crippen LogP contribution in [0.5, 0.6) is 0 Å². The standard InChI is InChI=1S/C19H23FN2O/c1-19(2,3)16-8-6-7-9-17(16)22(5)18(23)21(4)15-12-10-14(20)11-13-15/h6-13H,1-5H3. The molecule has 2 amide bonds. The van der Waals surface area contributed by atoms with Crippen LogP contribution in [-0.2, 0) is 5.41 Å². The van der Waals surface area contributed by atoms with Gasteiger partial charge in [-0.2, -0.15) is 0 Å². The van der Waals surface area contributed by atoms with Crippen LogP contribution >= 0.6 is 0 Å². The Bertz CT molecular complexity index is 689. The summed E-state index contributed by atoms with van der Waals surface area (Å²) in [5, 5.41) is 0. The van der Waals surface area contributed by atoms with Crippen LogP contribution in [0.2, 0.25) is 0 Å². The van der Waals surface area contributed by atoms with Gasteiger partial charge in [-0.05, 0) is 41.3 Å². The molecule has 0 heterocycles.